The van der Waals surface area contributed by atoms with Crippen LogP contribution in [0.25, 0.3) is 0 Å². The zero-order chi connectivity index (χ0) is 13.3. The van der Waals surface area contributed by atoms with Gasteiger partial charge in [0.25, 0.3) is 0 Å². The molecule has 0 radical (unpaired) electrons. The monoisotopic (exact) mass is 268 g/mol. The van der Waals surface area contributed by atoms with Crippen LogP contribution in [0, 0.1) is 0 Å². The highest BCUT2D eigenvalue weighted by Gasteiger charge is 2.23. The lowest BCUT2D eigenvalue weighted by molar-refractivity contribution is -0.150. The molecule has 0 aromatic heterocycles. The van der Waals surface area contributed by atoms with Crippen LogP contribution in [0.1, 0.15) is 12.8 Å². The predicted octanol–water partition coefficient (Wildman–Crippen LogP) is 0.576. The first kappa shape index (κ1) is 16.1. The third kappa shape index (κ3) is 7.10. The summed E-state index contributed by atoms with van der Waals surface area (Å²) >= 11 is 0. The van der Waals surface area contributed by atoms with Gasteiger partial charge in [-0.05, 0) is 6.42 Å². The Kier molecular flexibility index (Phi) is 8.66. The number of carbonyl (C=O) groups is 2. The van der Waals surface area contributed by atoms with Gasteiger partial charge < -0.3 is 18.7 Å². The molecule has 0 aliphatic carbocycles. The maximum atomic E-state index is 11.3. The molecule has 0 amide bonds. The smallest absolute Gasteiger partial charge is 0.335 e. The molecule has 0 fully saturated rings. The van der Waals surface area contributed by atoms with Crippen molar-refractivity contribution < 1.29 is 32.9 Å². The summed E-state index contributed by atoms with van der Waals surface area (Å²) in [5.74, 6) is -1.16. The van der Waals surface area contributed by atoms with Crippen LogP contribution < -0.4 is 0 Å². The fourth-order valence-corrected chi connectivity index (χ4v) is 1.85. The van der Waals surface area contributed by atoms with E-state index in [4.69, 9.17) is 4.52 Å². The second-order valence-corrected chi connectivity index (χ2v) is 4.32. The number of rotatable bonds is 8. The third-order valence-electron chi connectivity index (χ3n) is 1.84. The number of ether oxygens (including phenoxy) is 3. The summed E-state index contributed by atoms with van der Waals surface area (Å²) < 4.78 is 29.8. The van der Waals surface area contributed by atoms with Crippen molar-refractivity contribution in [1.82, 2.24) is 0 Å². The fourth-order valence-electron chi connectivity index (χ4n) is 1.02. The summed E-state index contributed by atoms with van der Waals surface area (Å²) in [4.78, 5) is 22.2. The van der Waals surface area contributed by atoms with Crippen molar-refractivity contribution in [1.29, 1.82) is 0 Å². The third-order valence-corrected chi connectivity index (χ3v) is 2.91. The van der Waals surface area contributed by atoms with Gasteiger partial charge in [0.2, 0.25) is 8.03 Å². The number of carbonyl (C=O) groups excluding carboxylic acids is 2. The summed E-state index contributed by atoms with van der Waals surface area (Å²) in [7, 11) is 1.32. The average molecular weight is 268 g/mol. The average Bonchev–Trinajstić information content (AvgIpc) is 2.33. The summed E-state index contributed by atoms with van der Waals surface area (Å²) in [5, 5.41) is 0. The molecule has 0 aliphatic rings. The lowest BCUT2D eigenvalue weighted by Gasteiger charge is -2.14. The topological polar surface area (TPSA) is 88.1 Å². The first-order valence-corrected chi connectivity index (χ1v) is 6.40. The van der Waals surface area contributed by atoms with Gasteiger partial charge in [-0.2, -0.15) is 0 Å². The Balaban J connectivity index is 4.28. The Labute approximate surface area is 100 Å². The highest BCUT2D eigenvalue weighted by molar-refractivity contribution is 7.38. The number of hydrogen-bond acceptors (Lipinski definition) is 7. The Bertz CT molecular complexity index is 279. The highest BCUT2D eigenvalue weighted by atomic mass is 31.1. The Morgan fingerprint density at radius 3 is 2.29 bits per heavy atom. The molecule has 0 aliphatic heterocycles. The van der Waals surface area contributed by atoms with E-state index in [-0.39, 0.29) is 19.2 Å². The summed E-state index contributed by atoms with van der Waals surface area (Å²) in [6, 6.07) is 0. The van der Waals surface area contributed by atoms with Crippen LogP contribution in [0.3, 0.4) is 0 Å². The zero-order valence-corrected chi connectivity index (χ0v) is 11.1. The highest BCUT2D eigenvalue weighted by Crippen LogP contribution is 2.26. The SMILES string of the molecule is COC[PH](=O)OC(CCC(=O)OC)C(=O)OC. The second kappa shape index (κ2) is 9.15. The molecular weight excluding hydrogens is 251 g/mol. The van der Waals surface area contributed by atoms with Crippen LogP contribution in [0.2, 0.25) is 0 Å². The van der Waals surface area contributed by atoms with Crippen LogP contribution in [0.15, 0.2) is 0 Å². The molecule has 8 heteroatoms. The van der Waals surface area contributed by atoms with E-state index >= 15 is 0 Å². The van der Waals surface area contributed by atoms with E-state index in [1.54, 1.807) is 0 Å². The van der Waals surface area contributed by atoms with E-state index < -0.39 is 26.1 Å². The Morgan fingerprint density at radius 1 is 1.18 bits per heavy atom. The standard InChI is InChI=1S/C9H17O7P/c1-13-6-17(12)16-7(9(11)15-3)4-5-8(10)14-2/h7,17H,4-6H2,1-3H3. The van der Waals surface area contributed by atoms with Gasteiger partial charge in [-0.1, -0.05) is 0 Å². The molecule has 17 heavy (non-hydrogen) atoms. The largest absolute Gasteiger partial charge is 0.469 e. The van der Waals surface area contributed by atoms with Gasteiger partial charge in [-0.25, -0.2) is 4.79 Å². The first-order valence-electron chi connectivity index (χ1n) is 4.88. The van der Waals surface area contributed by atoms with Gasteiger partial charge in [0.05, 0.1) is 14.2 Å². The van der Waals surface area contributed by atoms with Gasteiger partial charge in [-0.3, -0.25) is 9.36 Å². The first-order chi connectivity index (χ1) is 8.04. The molecule has 0 aromatic rings. The van der Waals surface area contributed by atoms with E-state index in [9.17, 15) is 14.2 Å². The molecule has 0 N–H and O–H groups in total. The normalized spacial score (nSPS) is 13.8. The molecule has 0 heterocycles. The van der Waals surface area contributed by atoms with Crippen molar-refractivity contribution >= 4 is 20.0 Å². The maximum Gasteiger partial charge on any atom is 0.335 e. The van der Waals surface area contributed by atoms with E-state index in [1.807, 2.05) is 0 Å². The van der Waals surface area contributed by atoms with E-state index in [0.29, 0.717) is 0 Å². The van der Waals surface area contributed by atoms with Crippen molar-refractivity contribution in [2.75, 3.05) is 27.7 Å². The lowest BCUT2D eigenvalue weighted by atomic mass is 10.2. The van der Waals surface area contributed by atoms with Crippen LogP contribution >= 0.6 is 8.03 Å². The van der Waals surface area contributed by atoms with Gasteiger partial charge in [0, 0.05) is 13.5 Å². The summed E-state index contributed by atoms with van der Waals surface area (Å²) in [6.45, 7) is 0. The van der Waals surface area contributed by atoms with Gasteiger partial charge >= 0.3 is 11.9 Å². The number of esters is 2. The Morgan fingerprint density at radius 2 is 1.82 bits per heavy atom. The molecule has 0 aromatic carbocycles. The molecule has 0 saturated heterocycles. The van der Waals surface area contributed by atoms with Crippen LogP contribution in [-0.2, 0) is 32.9 Å². The molecule has 0 rings (SSSR count). The molecule has 2 unspecified atom stereocenters. The van der Waals surface area contributed by atoms with Crippen LogP contribution in [0.5, 0.6) is 0 Å². The summed E-state index contributed by atoms with van der Waals surface area (Å²) in [5.41, 5.74) is 0. The second-order valence-electron chi connectivity index (χ2n) is 3.05. The quantitative estimate of drug-likeness (QED) is 0.470. The molecule has 0 bridgehead atoms. The van der Waals surface area contributed by atoms with Crippen molar-refractivity contribution in [3.05, 3.63) is 0 Å². The van der Waals surface area contributed by atoms with Gasteiger partial charge in [0.15, 0.2) is 6.10 Å². The molecule has 0 spiro atoms. The number of methoxy groups -OCH3 is 3. The van der Waals surface area contributed by atoms with E-state index in [1.165, 1.54) is 21.3 Å². The van der Waals surface area contributed by atoms with Crippen molar-refractivity contribution in [2.45, 2.75) is 18.9 Å². The van der Waals surface area contributed by atoms with E-state index in [0.717, 1.165) is 0 Å². The predicted molar refractivity (Wildman–Crippen MR) is 59.0 cm³/mol. The number of hydrogen-bond donors (Lipinski definition) is 0. The van der Waals surface area contributed by atoms with E-state index in [2.05, 4.69) is 14.2 Å². The molecule has 100 valence electrons. The van der Waals surface area contributed by atoms with Crippen molar-refractivity contribution in [3.63, 3.8) is 0 Å². The minimum Gasteiger partial charge on any atom is -0.469 e. The lowest BCUT2D eigenvalue weighted by Crippen LogP contribution is -2.24. The zero-order valence-electron chi connectivity index (χ0n) is 10.1. The van der Waals surface area contributed by atoms with Crippen molar-refractivity contribution in [3.8, 4) is 0 Å². The fraction of sp³-hybridized carbons (Fsp3) is 0.778. The van der Waals surface area contributed by atoms with Gasteiger partial charge in [-0.15, -0.1) is 0 Å². The maximum absolute atomic E-state index is 11.3. The molecule has 2 atom stereocenters. The minimum atomic E-state index is -2.47. The van der Waals surface area contributed by atoms with Crippen LogP contribution in [0.4, 0.5) is 0 Å². The molecule has 0 saturated carbocycles. The minimum absolute atomic E-state index is 0.0155. The summed E-state index contributed by atoms with van der Waals surface area (Å²) in [6.07, 6.45) is -1.09. The molecule has 7 nitrogen and oxygen atoms in total. The Hall–Kier alpha value is -0.910. The van der Waals surface area contributed by atoms with Crippen molar-refractivity contribution in [2.24, 2.45) is 0 Å². The van der Waals surface area contributed by atoms with Gasteiger partial charge in [0.1, 0.15) is 6.35 Å². The van der Waals surface area contributed by atoms with Crippen LogP contribution in [-0.4, -0.2) is 45.7 Å². The molecular formula is C9H17O7P.